The fraction of sp³-hybridized carbons (Fsp3) is 0.364. The Bertz CT molecular complexity index is 785. The Morgan fingerprint density at radius 3 is 2.48 bits per heavy atom. The molecule has 2 aromatic rings. The van der Waals surface area contributed by atoms with Gasteiger partial charge in [-0.25, -0.2) is 0 Å². The van der Waals surface area contributed by atoms with E-state index in [2.05, 4.69) is 5.32 Å². The van der Waals surface area contributed by atoms with Crippen molar-refractivity contribution in [1.29, 1.82) is 0 Å². The standard InChI is InChI=1S/C22H28N2O4S/c1-24(14-15-28-17-9-5-4-6-10-17)22(26)19(13-16-29-3)23-21(25)18-11-7-8-12-20(18)27-2/h4-12,19H,13-16H2,1-3H3,(H,23,25). The summed E-state index contributed by atoms with van der Waals surface area (Å²) in [6.45, 7) is 0.802. The van der Waals surface area contributed by atoms with Crippen LogP contribution in [0.5, 0.6) is 11.5 Å². The molecule has 0 aliphatic heterocycles. The third-order valence-electron chi connectivity index (χ3n) is 4.38. The third kappa shape index (κ3) is 7.02. The van der Waals surface area contributed by atoms with Gasteiger partial charge < -0.3 is 19.7 Å². The second-order valence-corrected chi connectivity index (χ2v) is 7.41. The first-order valence-electron chi connectivity index (χ1n) is 9.42. The van der Waals surface area contributed by atoms with E-state index in [1.165, 1.54) is 7.11 Å². The highest BCUT2D eigenvalue weighted by atomic mass is 32.2. The van der Waals surface area contributed by atoms with Gasteiger partial charge in [-0.1, -0.05) is 30.3 Å². The normalized spacial score (nSPS) is 11.4. The number of benzene rings is 2. The Hall–Kier alpha value is -2.67. The van der Waals surface area contributed by atoms with Crippen LogP contribution < -0.4 is 14.8 Å². The van der Waals surface area contributed by atoms with Gasteiger partial charge in [-0.3, -0.25) is 9.59 Å². The minimum absolute atomic E-state index is 0.140. The Morgan fingerprint density at radius 2 is 1.79 bits per heavy atom. The predicted molar refractivity (Wildman–Crippen MR) is 117 cm³/mol. The van der Waals surface area contributed by atoms with Crippen LogP contribution in [0.1, 0.15) is 16.8 Å². The molecule has 0 aliphatic carbocycles. The molecule has 0 aliphatic rings. The maximum absolute atomic E-state index is 12.9. The van der Waals surface area contributed by atoms with Crippen LogP contribution in [0.2, 0.25) is 0 Å². The zero-order chi connectivity index (χ0) is 21.1. The number of carbonyl (C=O) groups excluding carboxylic acids is 2. The van der Waals surface area contributed by atoms with Gasteiger partial charge in [0.25, 0.3) is 5.91 Å². The minimum atomic E-state index is -0.610. The second kappa shape index (κ2) is 12.0. The van der Waals surface area contributed by atoms with Gasteiger partial charge in [0.05, 0.1) is 19.2 Å². The van der Waals surface area contributed by atoms with Gasteiger partial charge in [0, 0.05) is 7.05 Å². The van der Waals surface area contributed by atoms with Crippen LogP contribution in [0.3, 0.4) is 0 Å². The summed E-state index contributed by atoms with van der Waals surface area (Å²) in [4.78, 5) is 27.3. The van der Waals surface area contributed by atoms with Gasteiger partial charge in [0.2, 0.25) is 5.91 Å². The van der Waals surface area contributed by atoms with E-state index in [0.717, 1.165) is 11.5 Å². The Balaban J connectivity index is 1.97. The molecule has 0 radical (unpaired) electrons. The summed E-state index contributed by atoms with van der Waals surface area (Å²) in [5.41, 5.74) is 0.409. The first kappa shape index (κ1) is 22.6. The number of ether oxygens (including phenoxy) is 2. The van der Waals surface area contributed by atoms with Crippen LogP contribution in [-0.2, 0) is 4.79 Å². The van der Waals surface area contributed by atoms with Crippen molar-refractivity contribution in [2.24, 2.45) is 0 Å². The van der Waals surface area contributed by atoms with Gasteiger partial charge in [-0.2, -0.15) is 11.8 Å². The van der Waals surface area contributed by atoms with Crippen molar-refractivity contribution < 1.29 is 19.1 Å². The molecule has 0 spiro atoms. The summed E-state index contributed by atoms with van der Waals surface area (Å²) in [5, 5.41) is 2.87. The summed E-state index contributed by atoms with van der Waals surface area (Å²) in [7, 11) is 3.24. The molecule has 0 saturated carbocycles. The molecule has 0 fully saturated rings. The van der Waals surface area contributed by atoms with Crippen LogP contribution in [0.15, 0.2) is 54.6 Å². The van der Waals surface area contributed by atoms with E-state index < -0.39 is 6.04 Å². The first-order valence-corrected chi connectivity index (χ1v) is 10.8. The number of thioether (sulfide) groups is 1. The Morgan fingerprint density at radius 1 is 1.10 bits per heavy atom. The zero-order valence-electron chi connectivity index (χ0n) is 17.1. The summed E-state index contributed by atoms with van der Waals surface area (Å²) >= 11 is 1.63. The number of hydrogen-bond acceptors (Lipinski definition) is 5. The van der Waals surface area contributed by atoms with Crippen molar-refractivity contribution in [3.8, 4) is 11.5 Å². The fourth-order valence-electron chi connectivity index (χ4n) is 2.75. The molecule has 2 amide bonds. The van der Waals surface area contributed by atoms with Crippen LogP contribution in [0, 0.1) is 0 Å². The smallest absolute Gasteiger partial charge is 0.255 e. The van der Waals surface area contributed by atoms with E-state index in [1.807, 2.05) is 36.6 Å². The molecule has 7 heteroatoms. The number of amides is 2. The van der Waals surface area contributed by atoms with E-state index in [0.29, 0.717) is 30.9 Å². The maximum Gasteiger partial charge on any atom is 0.255 e. The average Bonchev–Trinajstić information content (AvgIpc) is 2.76. The van der Waals surface area contributed by atoms with Crippen LogP contribution >= 0.6 is 11.8 Å². The predicted octanol–water partition coefficient (Wildman–Crippen LogP) is 3.08. The monoisotopic (exact) mass is 416 g/mol. The molecule has 6 nitrogen and oxygen atoms in total. The molecule has 1 unspecified atom stereocenters. The summed E-state index contributed by atoms with van der Waals surface area (Å²) < 4.78 is 10.9. The fourth-order valence-corrected chi connectivity index (χ4v) is 3.23. The highest BCUT2D eigenvalue weighted by molar-refractivity contribution is 7.98. The van der Waals surface area contributed by atoms with Crippen molar-refractivity contribution in [2.45, 2.75) is 12.5 Å². The molecule has 156 valence electrons. The Kier molecular flexibility index (Phi) is 9.37. The third-order valence-corrected chi connectivity index (χ3v) is 5.02. The van der Waals surface area contributed by atoms with Crippen LogP contribution in [-0.4, -0.2) is 62.1 Å². The van der Waals surface area contributed by atoms with Crippen LogP contribution in [0.4, 0.5) is 0 Å². The Labute approximate surface area is 176 Å². The van der Waals surface area contributed by atoms with Crippen molar-refractivity contribution in [3.05, 3.63) is 60.2 Å². The lowest BCUT2D eigenvalue weighted by molar-refractivity contribution is -0.132. The highest BCUT2D eigenvalue weighted by Gasteiger charge is 2.25. The summed E-state index contributed by atoms with van der Waals surface area (Å²) in [6, 6.07) is 15.8. The molecule has 0 heterocycles. The van der Waals surface area contributed by atoms with E-state index in [4.69, 9.17) is 9.47 Å². The van der Waals surface area contributed by atoms with Crippen molar-refractivity contribution in [2.75, 3.05) is 39.3 Å². The largest absolute Gasteiger partial charge is 0.496 e. The van der Waals surface area contributed by atoms with E-state index >= 15 is 0 Å². The lowest BCUT2D eigenvalue weighted by Crippen LogP contribution is -2.48. The van der Waals surface area contributed by atoms with Gasteiger partial charge in [-0.05, 0) is 42.7 Å². The minimum Gasteiger partial charge on any atom is -0.496 e. The van der Waals surface area contributed by atoms with E-state index in [9.17, 15) is 9.59 Å². The SMILES string of the molecule is COc1ccccc1C(=O)NC(CCSC)C(=O)N(C)CCOc1ccccc1. The number of likely N-dealkylation sites (N-methyl/N-ethyl adjacent to an activating group) is 1. The average molecular weight is 417 g/mol. The molecular formula is C22H28N2O4S. The quantitative estimate of drug-likeness (QED) is 0.610. The number of nitrogens with one attached hydrogen (secondary N) is 1. The van der Waals surface area contributed by atoms with Gasteiger partial charge in [-0.15, -0.1) is 0 Å². The topological polar surface area (TPSA) is 67.9 Å². The molecule has 29 heavy (non-hydrogen) atoms. The van der Waals surface area contributed by atoms with Gasteiger partial charge in [0.1, 0.15) is 24.1 Å². The molecule has 0 bridgehead atoms. The van der Waals surface area contributed by atoms with E-state index in [-0.39, 0.29) is 11.8 Å². The molecule has 1 N–H and O–H groups in total. The second-order valence-electron chi connectivity index (χ2n) is 6.43. The number of rotatable bonds is 11. The van der Waals surface area contributed by atoms with Gasteiger partial charge >= 0.3 is 0 Å². The number of carbonyl (C=O) groups is 2. The summed E-state index contributed by atoms with van der Waals surface area (Å²) in [6.07, 6.45) is 2.52. The molecule has 0 saturated heterocycles. The number of hydrogen-bond donors (Lipinski definition) is 1. The van der Waals surface area contributed by atoms with Crippen molar-refractivity contribution in [3.63, 3.8) is 0 Å². The number of nitrogens with zero attached hydrogens (tertiary/aromatic N) is 1. The number of para-hydroxylation sites is 2. The molecule has 2 rings (SSSR count). The highest BCUT2D eigenvalue weighted by Crippen LogP contribution is 2.17. The van der Waals surface area contributed by atoms with Gasteiger partial charge in [0.15, 0.2) is 0 Å². The van der Waals surface area contributed by atoms with Crippen LogP contribution in [0.25, 0.3) is 0 Å². The van der Waals surface area contributed by atoms with Crippen molar-refractivity contribution in [1.82, 2.24) is 10.2 Å². The molecular weight excluding hydrogens is 388 g/mol. The number of methoxy groups -OCH3 is 1. The van der Waals surface area contributed by atoms with Crippen molar-refractivity contribution >= 4 is 23.6 Å². The lowest BCUT2D eigenvalue weighted by atomic mass is 10.1. The molecule has 1 atom stereocenters. The molecule has 0 aromatic heterocycles. The zero-order valence-corrected chi connectivity index (χ0v) is 17.9. The maximum atomic E-state index is 12.9. The summed E-state index contributed by atoms with van der Waals surface area (Å²) in [5.74, 6) is 1.54. The molecule has 2 aromatic carbocycles. The first-order chi connectivity index (χ1) is 14.1. The van der Waals surface area contributed by atoms with E-state index in [1.54, 1.807) is 48.0 Å². The lowest BCUT2D eigenvalue weighted by Gasteiger charge is -2.25.